The number of hydrogen-bond donors (Lipinski definition) is 7. The summed E-state index contributed by atoms with van der Waals surface area (Å²) in [5.41, 5.74) is 0. The molecule has 1 rings (SSSR count). The highest BCUT2D eigenvalue weighted by molar-refractivity contribution is 7.80. The van der Waals surface area contributed by atoms with E-state index in [-0.39, 0.29) is 6.42 Å². The molecular formula is C35H61NO12S. The third-order valence-electron chi connectivity index (χ3n) is 8.01. The first-order valence-electron chi connectivity index (χ1n) is 17.6. The Kier molecular flexibility index (Phi) is 24.6. The Balaban J connectivity index is 2.79. The van der Waals surface area contributed by atoms with Crippen molar-refractivity contribution in [3.63, 3.8) is 0 Å². The van der Waals surface area contributed by atoms with Gasteiger partial charge in [-0.05, 0) is 64.7 Å². The van der Waals surface area contributed by atoms with Gasteiger partial charge in [0.2, 0.25) is 5.91 Å². The summed E-state index contributed by atoms with van der Waals surface area (Å²) in [6.07, 6.45) is 16.9. The second-order valence-corrected chi connectivity index (χ2v) is 13.3. The van der Waals surface area contributed by atoms with Crippen LogP contribution in [-0.2, 0) is 28.9 Å². The molecule has 8 unspecified atom stereocenters. The van der Waals surface area contributed by atoms with Crippen LogP contribution in [0, 0.1) is 0 Å². The highest BCUT2D eigenvalue weighted by atomic mass is 32.3. The molecule has 1 amide bonds. The van der Waals surface area contributed by atoms with Crippen molar-refractivity contribution in [3.8, 4) is 0 Å². The molecule has 1 heterocycles. The quantitative estimate of drug-likeness (QED) is 0.0369. The summed E-state index contributed by atoms with van der Waals surface area (Å²) < 4.78 is 47.0. The fourth-order valence-corrected chi connectivity index (χ4v) is 5.65. The van der Waals surface area contributed by atoms with Crippen LogP contribution in [0.15, 0.2) is 48.6 Å². The molecule has 0 aromatic rings. The zero-order valence-electron chi connectivity index (χ0n) is 29.1. The topological polar surface area (TPSA) is 212 Å². The fraction of sp³-hybridized carbons (Fsp3) is 0.743. The summed E-state index contributed by atoms with van der Waals surface area (Å²) >= 11 is 0. The standard InChI is InChI=1S/C35H61NO12S/c1-3-5-7-9-11-13-14-16-18-20-22-24-29(39)34(42)36-27(28(38)23-21-19-17-15-12-10-8-6-4-2)26-46-35-32(41)33(48-49(43,44)45)31(40)30(25-37)47-35/h4,6,11-13,15,21,23,27-33,35,37-41H,3,5,7-10,14,16-20,22,24-26H2,1-2H3,(H,36,42)(H,43,44,45)/b6-4+,13-11-,15-12+,23-21+. The van der Waals surface area contributed by atoms with Crippen LogP contribution in [0.3, 0.4) is 0 Å². The molecule has 14 heteroatoms. The van der Waals surface area contributed by atoms with Gasteiger partial charge in [-0.15, -0.1) is 0 Å². The molecule has 0 spiro atoms. The van der Waals surface area contributed by atoms with Crippen molar-refractivity contribution in [1.29, 1.82) is 0 Å². The number of nitrogens with one attached hydrogen (secondary N) is 1. The van der Waals surface area contributed by atoms with Gasteiger partial charge in [0.15, 0.2) is 6.29 Å². The van der Waals surface area contributed by atoms with E-state index < -0.39 is 78.5 Å². The lowest BCUT2D eigenvalue weighted by Gasteiger charge is -2.41. The third-order valence-corrected chi connectivity index (χ3v) is 8.48. The van der Waals surface area contributed by atoms with E-state index in [1.165, 1.54) is 25.3 Å². The van der Waals surface area contributed by atoms with Gasteiger partial charge in [-0.3, -0.25) is 9.35 Å². The average molecular weight is 720 g/mol. The predicted molar refractivity (Wildman–Crippen MR) is 187 cm³/mol. The molecule has 1 saturated heterocycles. The molecule has 8 atom stereocenters. The monoisotopic (exact) mass is 719 g/mol. The number of amides is 1. The molecule has 49 heavy (non-hydrogen) atoms. The van der Waals surface area contributed by atoms with Crippen LogP contribution in [0.25, 0.3) is 0 Å². The van der Waals surface area contributed by atoms with Crippen molar-refractivity contribution < 1.29 is 57.0 Å². The molecule has 0 radical (unpaired) electrons. The van der Waals surface area contributed by atoms with E-state index in [2.05, 4.69) is 40.7 Å². The average Bonchev–Trinajstić information content (AvgIpc) is 3.06. The van der Waals surface area contributed by atoms with Gasteiger partial charge in [0.05, 0.1) is 25.4 Å². The van der Waals surface area contributed by atoms with Crippen molar-refractivity contribution >= 4 is 16.3 Å². The summed E-state index contributed by atoms with van der Waals surface area (Å²) in [7, 11) is -5.12. The Labute approximate surface area is 292 Å². The number of hydrogen-bond acceptors (Lipinski definition) is 11. The molecule has 1 aliphatic heterocycles. The molecule has 7 N–H and O–H groups in total. The van der Waals surface area contributed by atoms with Gasteiger partial charge in [0, 0.05) is 0 Å². The van der Waals surface area contributed by atoms with Gasteiger partial charge < -0.3 is 40.3 Å². The van der Waals surface area contributed by atoms with Gasteiger partial charge in [-0.2, -0.15) is 8.42 Å². The normalized spacial score (nSPS) is 24.0. The molecule has 13 nitrogen and oxygen atoms in total. The largest absolute Gasteiger partial charge is 0.397 e. The smallest absolute Gasteiger partial charge is 0.394 e. The third kappa shape index (κ3) is 20.5. The van der Waals surface area contributed by atoms with Gasteiger partial charge in [-0.25, -0.2) is 4.18 Å². The fourth-order valence-electron chi connectivity index (χ4n) is 5.14. The molecule has 284 valence electrons. The van der Waals surface area contributed by atoms with E-state index in [0.29, 0.717) is 12.8 Å². The van der Waals surface area contributed by atoms with Gasteiger partial charge in [0.1, 0.15) is 30.5 Å². The van der Waals surface area contributed by atoms with Gasteiger partial charge in [-0.1, -0.05) is 87.6 Å². The summed E-state index contributed by atoms with van der Waals surface area (Å²) in [5, 5.41) is 54.5. The highest BCUT2D eigenvalue weighted by Gasteiger charge is 2.48. The minimum atomic E-state index is -5.12. The van der Waals surface area contributed by atoms with Crippen LogP contribution in [-0.4, -0.2) is 107 Å². The minimum absolute atomic E-state index is 0.216. The van der Waals surface area contributed by atoms with E-state index in [1.54, 1.807) is 6.08 Å². The summed E-state index contributed by atoms with van der Waals surface area (Å²) in [4.78, 5) is 12.9. The maximum absolute atomic E-state index is 12.9. The van der Waals surface area contributed by atoms with E-state index in [4.69, 9.17) is 14.0 Å². The first-order chi connectivity index (χ1) is 23.4. The lowest BCUT2D eigenvalue weighted by Crippen LogP contribution is -2.61. The molecular weight excluding hydrogens is 658 g/mol. The van der Waals surface area contributed by atoms with Crippen molar-refractivity contribution in [2.24, 2.45) is 0 Å². The van der Waals surface area contributed by atoms with Crippen molar-refractivity contribution in [2.45, 2.75) is 153 Å². The summed E-state index contributed by atoms with van der Waals surface area (Å²) in [5.74, 6) is -0.735. The van der Waals surface area contributed by atoms with Crippen LogP contribution in [0.5, 0.6) is 0 Å². The predicted octanol–water partition coefficient (Wildman–Crippen LogP) is 3.56. The number of carbonyl (C=O) groups is 1. The summed E-state index contributed by atoms with van der Waals surface area (Å²) in [6.45, 7) is 2.85. The molecule has 0 aromatic carbocycles. The number of carbonyl (C=O) groups excluding carboxylic acids is 1. The van der Waals surface area contributed by atoms with Crippen molar-refractivity contribution in [1.82, 2.24) is 5.32 Å². The van der Waals surface area contributed by atoms with Gasteiger partial charge >= 0.3 is 10.4 Å². The molecule has 1 aliphatic rings. The maximum atomic E-state index is 12.9. The van der Waals surface area contributed by atoms with Crippen molar-refractivity contribution in [3.05, 3.63) is 48.6 Å². The minimum Gasteiger partial charge on any atom is -0.394 e. The molecule has 0 saturated carbocycles. The highest BCUT2D eigenvalue weighted by Crippen LogP contribution is 2.26. The number of unbranched alkanes of at least 4 members (excludes halogenated alkanes) is 9. The first-order valence-corrected chi connectivity index (χ1v) is 19.0. The van der Waals surface area contributed by atoms with E-state index in [1.807, 2.05) is 19.1 Å². The zero-order valence-corrected chi connectivity index (χ0v) is 29.9. The van der Waals surface area contributed by atoms with Crippen LogP contribution < -0.4 is 5.32 Å². The SMILES string of the molecule is C/C=C/CC/C=C/CC/C=C/C(O)C(COC1OC(CO)C(O)C(OS(=O)(=O)O)C1O)NC(=O)C(O)CCCCCC/C=C\CCCCC. The second-order valence-electron chi connectivity index (χ2n) is 12.2. The van der Waals surface area contributed by atoms with Crippen LogP contribution >= 0.6 is 0 Å². The second kappa shape index (κ2) is 26.8. The van der Waals surface area contributed by atoms with Crippen molar-refractivity contribution in [2.75, 3.05) is 13.2 Å². The number of aliphatic hydroxyl groups is 5. The zero-order chi connectivity index (χ0) is 36.5. The van der Waals surface area contributed by atoms with E-state index in [9.17, 15) is 38.7 Å². The number of ether oxygens (including phenoxy) is 2. The van der Waals surface area contributed by atoms with E-state index >= 15 is 0 Å². The van der Waals surface area contributed by atoms with Crippen LogP contribution in [0.1, 0.15) is 104 Å². The molecule has 0 aliphatic carbocycles. The Morgan fingerprint density at radius 3 is 2.06 bits per heavy atom. The Hall–Kier alpha value is -1.98. The molecule has 1 fully saturated rings. The Morgan fingerprint density at radius 1 is 0.857 bits per heavy atom. The first kappa shape index (κ1) is 45.0. The maximum Gasteiger partial charge on any atom is 0.397 e. The van der Waals surface area contributed by atoms with Crippen LogP contribution in [0.4, 0.5) is 0 Å². The molecule has 0 bridgehead atoms. The van der Waals surface area contributed by atoms with Crippen LogP contribution in [0.2, 0.25) is 0 Å². The Bertz CT molecular complexity index is 1100. The number of allylic oxidation sites excluding steroid dienone is 7. The van der Waals surface area contributed by atoms with E-state index in [0.717, 1.165) is 51.4 Å². The lowest BCUT2D eigenvalue weighted by atomic mass is 9.99. The Morgan fingerprint density at radius 2 is 1.45 bits per heavy atom. The number of rotatable bonds is 27. The molecule has 0 aromatic heterocycles. The summed E-state index contributed by atoms with van der Waals surface area (Å²) in [6, 6.07) is -1.14. The number of aliphatic hydroxyl groups excluding tert-OH is 5. The van der Waals surface area contributed by atoms with Gasteiger partial charge in [0.25, 0.3) is 0 Å². The lowest BCUT2D eigenvalue weighted by molar-refractivity contribution is -0.298.